The van der Waals surface area contributed by atoms with E-state index in [9.17, 15) is 4.39 Å². The van der Waals surface area contributed by atoms with Gasteiger partial charge in [0.1, 0.15) is 5.82 Å². The van der Waals surface area contributed by atoms with Crippen molar-refractivity contribution in [1.82, 2.24) is 5.43 Å². The lowest BCUT2D eigenvalue weighted by Gasteiger charge is -2.17. The Morgan fingerprint density at radius 2 is 2.12 bits per heavy atom. The number of benzene rings is 1. The maximum absolute atomic E-state index is 13.4. The van der Waals surface area contributed by atoms with Crippen molar-refractivity contribution in [2.45, 2.75) is 32.1 Å². The summed E-state index contributed by atoms with van der Waals surface area (Å²) in [6.07, 6.45) is 0. The number of hydrogen-bond acceptors (Lipinski definition) is 3. The molecule has 90 valence electrons. The van der Waals surface area contributed by atoms with Crippen LogP contribution in [0.15, 0.2) is 18.2 Å². The Hall–Kier alpha value is -0.580. The summed E-state index contributed by atoms with van der Waals surface area (Å²) in [4.78, 5) is 0. The van der Waals surface area contributed by atoms with E-state index in [1.165, 1.54) is 0 Å². The van der Waals surface area contributed by atoms with E-state index < -0.39 is 0 Å². The normalized spacial score (nSPS) is 13.1. The lowest BCUT2D eigenvalue weighted by atomic mass is 10.1. The van der Waals surface area contributed by atoms with Gasteiger partial charge in [0.25, 0.3) is 0 Å². The van der Waals surface area contributed by atoms with Crippen molar-refractivity contribution in [2.24, 2.45) is 5.84 Å². The number of rotatable bonds is 5. The molecule has 0 spiro atoms. The molecule has 0 heterocycles. The van der Waals surface area contributed by atoms with Crippen LogP contribution in [-0.2, 0) is 0 Å². The molecule has 0 saturated carbocycles. The van der Waals surface area contributed by atoms with Crippen molar-refractivity contribution in [3.05, 3.63) is 35.1 Å². The first-order valence-corrected chi connectivity index (χ1v) is 6.43. The number of hydrogen-bond donors (Lipinski definition) is 2. The van der Waals surface area contributed by atoms with Crippen LogP contribution in [0.25, 0.3) is 0 Å². The second kappa shape index (κ2) is 6.23. The van der Waals surface area contributed by atoms with Gasteiger partial charge >= 0.3 is 0 Å². The van der Waals surface area contributed by atoms with E-state index in [2.05, 4.69) is 19.3 Å². The highest BCUT2D eigenvalue weighted by Crippen LogP contribution is 2.22. The zero-order valence-corrected chi connectivity index (χ0v) is 10.8. The van der Waals surface area contributed by atoms with Gasteiger partial charge in [0, 0.05) is 5.75 Å². The van der Waals surface area contributed by atoms with E-state index >= 15 is 0 Å². The summed E-state index contributed by atoms with van der Waals surface area (Å²) in [6, 6.07) is 5.27. The highest BCUT2D eigenvalue weighted by atomic mass is 32.2. The van der Waals surface area contributed by atoms with E-state index in [0.717, 1.165) is 11.3 Å². The summed E-state index contributed by atoms with van der Waals surface area (Å²) in [5, 5.41) is 0.547. The number of thioether (sulfide) groups is 1. The predicted octanol–water partition coefficient (Wildman–Crippen LogP) is 2.78. The number of nitrogens with two attached hydrogens (primary N) is 1. The SMILES string of the molecule is Cc1ccc(C(CSC(C)C)NN)cc1F. The van der Waals surface area contributed by atoms with Crippen LogP contribution in [0.2, 0.25) is 0 Å². The molecular formula is C12H19FN2S. The average molecular weight is 242 g/mol. The van der Waals surface area contributed by atoms with Crippen molar-refractivity contribution in [3.8, 4) is 0 Å². The minimum atomic E-state index is -0.174. The monoisotopic (exact) mass is 242 g/mol. The van der Waals surface area contributed by atoms with Gasteiger partial charge in [0.15, 0.2) is 0 Å². The highest BCUT2D eigenvalue weighted by Gasteiger charge is 2.12. The Kier molecular flexibility index (Phi) is 5.25. The van der Waals surface area contributed by atoms with E-state index in [1.807, 2.05) is 6.07 Å². The van der Waals surface area contributed by atoms with Crippen LogP contribution in [-0.4, -0.2) is 11.0 Å². The van der Waals surface area contributed by atoms with Crippen molar-refractivity contribution in [1.29, 1.82) is 0 Å². The molecule has 0 bridgehead atoms. The Balaban J connectivity index is 2.74. The highest BCUT2D eigenvalue weighted by molar-refractivity contribution is 7.99. The summed E-state index contributed by atoms with van der Waals surface area (Å²) in [6.45, 7) is 6.02. The third-order valence-electron chi connectivity index (χ3n) is 2.40. The molecule has 1 aromatic rings. The Bertz CT molecular complexity index is 342. The van der Waals surface area contributed by atoms with Gasteiger partial charge in [0.2, 0.25) is 0 Å². The zero-order chi connectivity index (χ0) is 12.1. The summed E-state index contributed by atoms with van der Waals surface area (Å²) in [5.74, 6) is 6.16. The predicted molar refractivity (Wildman–Crippen MR) is 68.8 cm³/mol. The minimum Gasteiger partial charge on any atom is -0.271 e. The lowest BCUT2D eigenvalue weighted by molar-refractivity contribution is 0.587. The minimum absolute atomic E-state index is 0.00231. The van der Waals surface area contributed by atoms with E-state index in [-0.39, 0.29) is 11.9 Å². The number of aryl methyl sites for hydroxylation is 1. The zero-order valence-electron chi connectivity index (χ0n) is 9.96. The van der Waals surface area contributed by atoms with Crippen LogP contribution in [0.1, 0.15) is 31.0 Å². The third-order valence-corrected chi connectivity index (χ3v) is 3.59. The van der Waals surface area contributed by atoms with Crippen LogP contribution in [0.4, 0.5) is 4.39 Å². The average Bonchev–Trinajstić information content (AvgIpc) is 2.23. The van der Waals surface area contributed by atoms with Gasteiger partial charge in [-0.05, 0) is 29.4 Å². The second-order valence-electron chi connectivity index (χ2n) is 4.11. The maximum Gasteiger partial charge on any atom is 0.126 e. The summed E-state index contributed by atoms with van der Waals surface area (Å²) in [5.41, 5.74) is 4.30. The molecule has 1 aromatic carbocycles. The van der Waals surface area contributed by atoms with Gasteiger partial charge in [-0.2, -0.15) is 11.8 Å². The van der Waals surface area contributed by atoms with Crippen molar-refractivity contribution in [2.75, 3.05) is 5.75 Å². The third kappa shape index (κ3) is 3.77. The fourth-order valence-electron chi connectivity index (χ4n) is 1.36. The molecule has 0 saturated heterocycles. The molecule has 1 atom stereocenters. The Labute approximate surface area is 101 Å². The molecular weight excluding hydrogens is 223 g/mol. The number of nitrogens with one attached hydrogen (secondary N) is 1. The van der Waals surface area contributed by atoms with Crippen molar-refractivity contribution < 1.29 is 4.39 Å². The molecule has 16 heavy (non-hydrogen) atoms. The van der Waals surface area contributed by atoms with Crippen LogP contribution < -0.4 is 11.3 Å². The van der Waals surface area contributed by atoms with E-state index in [1.54, 1.807) is 30.8 Å². The largest absolute Gasteiger partial charge is 0.271 e. The first-order chi connectivity index (χ1) is 7.54. The van der Waals surface area contributed by atoms with Gasteiger partial charge < -0.3 is 0 Å². The molecule has 1 rings (SSSR count). The Morgan fingerprint density at radius 3 is 2.62 bits per heavy atom. The van der Waals surface area contributed by atoms with Crippen LogP contribution >= 0.6 is 11.8 Å². The molecule has 4 heteroatoms. The van der Waals surface area contributed by atoms with Crippen molar-refractivity contribution >= 4 is 11.8 Å². The van der Waals surface area contributed by atoms with Crippen molar-refractivity contribution in [3.63, 3.8) is 0 Å². The quantitative estimate of drug-likeness (QED) is 0.616. The summed E-state index contributed by atoms with van der Waals surface area (Å²) < 4.78 is 13.4. The molecule has 0 amide bonds. The topological polar surface area (TPSA) is 38.0 Å². The fourth-order valence-corrected chi connectivity index (χ4v) is 2.22. The smallest absolute Gasteiger partial charge is 0.126 e. The summed E-state index contributed by atoms with van der Waals surface area (Å²) in [7, 11) is 0. The van der Waals surface area contributed by atoms with Gasteiger partial charge in [-0.3, -0.25) is 11.3 Å². The lowest BCUT2D eigenvalue weighted by Crippen LogP contribution is -2.30. The summed E-state index contributed by atoms with van der Waals surface area (Å²) >= 11 is 1.80. The molecule has 0 aromatic heterocycles. The number of halogens is 1. The van der Waals surface area contributed by atoms with E-state index in [0.29, 0.717) is 10.8 Å². The molecule has 0 radical (unpaired) electrons. The van der Waals surface area contributed by atoms with Crippen LogP contribution in [0.3, 0.4) is 0 Å². The fraction of sp³-hybridized carbons (Fsp3) is 0.500. The van der Waals surface area contributed by atoms with Crippen LogP contribution in [0, 0.1) is 12.7 Å². The van der Waals surface area contributed by atoms with E-state index in [4.69, 9.17) is 5.84 Å². The maximum atomic E-state index is 13.4. The standard InChI is InChI=1S/C12H19FN2S/c1-8(2)16-7-12(15-14)10-5-4-9(3)11(13)6-10/h4-6,8,12,15H,7,14H2,1-3H3. The Morgan fingerprint density at radius 1 is 1.44 bits per heavy atom. The number of hydrazine groups is 1. The molecule has 0 aliphatic heterocycles. The second-order valence-corrected chi connectivity index (χ2v) is 5.72. The van der Waals surface area contributed by atoms with Gasteiger partial charge in [-0.1, -0.05) is 26.0 Å². The van der Waals surface area contributed by atoms with Gasteiger partial charge in [0.05, 0.1) is 6.04 Å². The van der Waals surface area contributed by atoms with Gasteiger partial charge in [-0.25, -0.2) is 4.39 Å². The first-order valence-electron chi connectivity index (χ1n) is 5.38. The first kappa shape index (κ1) is 13.5. The van der Waals surface area contributed by atoms with Crippen LogP contribution in [0.5, 0.6) is 0 Å². The molecule has 3 N–H and O–H groups in total. The molecule has 0 aliphatic carbocycles. The molecule has 0 fully saturated rings. The van der Waals surface area contributed by atoms with Gasteiger partial charge in [-0.15, -0.1) is 0 Å². The molecule has 2 nitrogen and oxygen atoms in total. The molecule has 1 unspecified atom stereocenters. The molecule has 0 aliphatic rings.